The summed E-state index contributed by atoms with van der Waals surface area (Å²) < 4.78 is 5.67. The number of benzene rings is 2. The smallest absolute Gasteiger partial charge is 0.119 e. The lowest BCUT2D eigenvalue weighted by atomic mass is 10.2. The van der Waals surface area contributed by atoms with E-state index in [4.69, 9.17) is 16.3 Å². The van der Waals surface area contributed by atoms with Gasteiger partial charge in [-0.2, -0.15) is 0 Å². The van der Waals surface area contributed by atoms with Crippen LogP contribution in [0.4, 0.5) is 5.69 Å². The number of piperazine rings is 1. The maximum absolute atomic E-state index is 10.2. The van der Waals surface area contributed by atoms with E-state index in [0.717, 1.165) is 42.6 Å². The van der Waals surface area contributed by atoms with Crippen LogP contribution < -0.4 is 9.64 Å². The highest BCUT2D eigenvalue weighted by molar-refractivity contribution is 6.30. The number of halogens is 1. The molecule has 2 aromatic carbocycles. The summed E-state index contributed by atoms with van der Waals surface area (Å²) in [5.74, 6) is 0.801. The average molecular weight is 361 g/mol. The lowest BCUT2D eigenvalue weighted by molar-refractivity contribution is 0.0663. The topological polar surface area (TPSA) is 35.9 Å². The molecule has 0 aromatic heterocycles. The number of aliphatic hydroxyl groups is 1. The van der Waals surface area contributed by atoms with Crippen molar-refractivity contribution in [2.45, 2.75) is 13.0 Å². The van der Waals surface area contributed by atoms with Crippen molar-refractivity contribution in [3.05, 3.63) is 59.1 Å². The largest absolute Gasteiger partial charge is 0.491 e. The molecule has 0 saturated carbocycles. The molecule has 25 heavy (non-hydrogen) atoms. The summed E-state index contributed by atoms with van der Waals surface area (Å²) in [6, 6.07) is 15.9. The third-order valence-corrected chi connectivity index (χ3v) is 4.71. The highest BCUT2D eigenvalue weighted by atomic mass is 35.5. The van der Waals surface area contributed by atoms with Crippen molar-refractivity contribution in [1.82, 2.24) is 4.90 Å². The summed E-state index contributed by atoms with van der Waals surface area (Å²) in [5, 5.41) is 11.0. The predicted molar refractivity (Wildman–Crippen MR) is 103 cm³/mol. The summed E-state index contributed by atoms with van der Waals surface area (Å²) in [6.45, 7) is 6.72. The summed E-state index contributed by atoms with van der Waals surface area (Å²) in [5.41, 5.74) is 2.36. The van der Waals surface area contributed by atoms with Crippen molar-refractivity contribution in [2.24, 2.45) is 0 Å². The van der Waals surface area contributed by atoms with E-state index >= 15 is 0 Å². The van der Waals surface area contributed by atoms with Crippen molar-refractivity contribution in [1.29, 1.82) is 0 Å². The van der Waals surface area contributed by atoms with E-state index in [1.807, 2.05) is 49.4 Å². The minimum Gasteiger partial charge on any atom is -0.491 e. The van der Waals surface area contributed by atoms with Gasteiger partial charge in [-0.1, -0.05) is 35.4 Å². The van der Waals surface area contributed by atoms with Gasteiger partial charge in [0.25, 0.3) is 0 Å². The molecular weight excluding hydrogens is 336 g/mol. The fraction of sp³-hybridized carbons (Fsp3) is 0.400. The minimum absolute atomic E-state index is 0.317. The fourth-order valence-electron chi connectivity index (χ4n) is 3.04. The number of anilines is 1. The van der Waals surface area contributed by atoms with E-state index in [1.165, 1.54) is 5.56 Å². The van der Waals surface area contributed by atoms with Gasteiger partial charge in [0.2, 0.25) is 0 Å². The first-order valence-corrected chi connectivity index (χ1v) is 9.08. The molecule has 0 unspecified atom stereocenters. The van der Waals surface area contributed by atoms with Crippen LogP contribution in [0.25, 0.3) is 0 Å². The summed E-state index contributed by atoms with van der Waals surface area (Å²) in [6.07, 6.45) is -0.487. The Balaban J connectivity index is 1.41. The van der Waals surface area contributed by atoms with E-state index < -0.39 is 6.10 Å². The van der Waals surface area contributed by atoms with E-state index in [1.54, 1.807) is 0 Å². The van der Waals surface area contributed by atoms with Crippen molar-refractivity contribution in [3.63, 3.8) is 0 Å². The molecule has 3 rings (SSSR count). The van der Waals surface area contributed by atoms with Crippen LogP contribution >= 0.6 is 11.6 Å². The Bertz CT molecular complexity index is 670. The van der Waals surface area contributed by atoms with Crippen molar-refractivity contribution < 1.29 is 9.84 Å². The second-order valence-corrected chi connectivity index (χ2v) is 6.98. The lowest BCUT2D eigenvalue weighted by Gasteiger charge is -2.36. The second kappa shape index (κ2) is 8.56. The van der Waals surface area contributed by atoms with E-state index in [-0.39, 0.29) is 0 Å². The van der Waals surface area contributed by atoms with Crippen molar-refractivity contribution in [2.75, 3.05) is 44.2 Å². The Morgan fingerprint density at radius 3 is 2.48 bits per heavy atom. The zero-order valence-electron chi connectivity index (χ0n) is 14.6. The van der Waals surface area contributed by atoms with Crippen LogP contribution in [0.1, 0.15) is 5.56 Å². The maximum atomic E-state index is 10.2. The Morgan fingerprint density at radius 1 is 1.08 bits per heavy atom. The van der Waals surface area contributed by atoms with Gasteiger partial charge in [0.1, 0.15) is 18.5 Å². The van der Waals surface area contributed by atoms with Gasteiger partial charge in [-0.05, 0) is 37.3 Å². The summed E-state index contributed by atoms with van der Waals surface area (Å²) >= 11 is 6.07. The van der Waals surface area contributed by atoms with Crippen molar-refractivity contribution >= 4 is 17.3 Å². The molecule has 0 radical (unpaired) electrons. The van der Waals surface area contributed by atoms with Gasteiger partial charge in [0.15, 0.2) is 0 Å². The van der Waals surface area contributed by atoms with Crippen LogP contribution in [0.2, 0.25) is 5.02 Å². The zero-order chi connectivity index (χ0) is 17.6. The highest BCUT2D eigenvalue weighted by Crippen LogP contribution is 2.21. The predicted octanol–water partition coefficient (Wildman–Crippen LogP) is 3.21. The molecule has 2 aromatic rings. The highest BCUT2D eigenvalue weighted by Gasteiger charge is 2.19. The molecule has 5 heteroatoms. The number of aryl methyl sites for hydroxylation is 1. The number of β-amino-alcohol motifs (C(OH)–C–C–N with tert-alkyl or cyclic N) is 1. The van der Waals surface area contributed by atoms with Crippen LogP contribution in [0.5, 0.6) is 5.75 Å². The fourth-order valence-corrected chi connectivity index (χ4v) is 3.22. The molecule has 0 amide bonds. The summed E-state index contributed by atoms with van der Waals surface area (Å²) in [7, 11) is 0. The van der Waals surface area contributed by atoms with Gasteiger partial charge in [0, 0.05) is 43.4 Å². The molecule has 1 atom stereocenters. The molecular formula is C20H25ClN2O2. The summed E-state index contributed by atoms with van der Waals surface area (Å²) in [4.78, 5) is 4.61. The molecule has 0 bridgehead atoms. The monoisotopic (exact) mass is 360 g/mol. The van der Waals surface area contributed by atoms with Crippen LogP contribution in [-0.2, 0) is 0 Å². The van der Waals surface area contributed by atoms with E-state index in [0.29, 0.717) is 13.2 Å². The van der Waals surface area contributed by atoms with Gasteiger partial charge in [0.05, 0.1) is 0 Å². The van der Waals surface area contributed by atoms with Crippen LogP contribution in [0, 0.1) is 6.92 Å². The molecule has 0 aliphatic carbocycles. The lowest BCUT2D eigenvalue weighted by Crippen LogP contribution is -2.49. The normalized spacial score (nSPS) is 16.7. The number of hydrogen-bond donors (Lipinski definition) is 1. The number of hydrogen-bond acceptors (Lipinski definition) is 4. The Labute approximate surface area is 154 Å². The first-order valence-electron chi connectivity index (χ1n) is 8.70. The third kappa shape index (κ3) is 5.36. The van der Waals surface area contributed by atoms with Gasteiger partial charge in [-0.3, -0.25) is 4.90 Å². The molecule has 1 saturated heterocycles. The van der Waals surface area contributed by atoms with Crippen LogP contribution in [-0.4, -0.2) is 55.4 Å². The molecule has 1 aliphatic rings. The van der Waals surface area contributed by atoms with Gasteiger partial charge in [-0.15, -0.1) is 0 Å². The zero-order valence-corrected chi connectivity index (χ0v) is 15.3. The Hall–Kier alpha value is -1.75. The van der Waals surface area contributed by atoms with Gasteiger partial charge < -0.3 is 14.7 Å². The van der Waals surface area contributed by atoms with Gasteiger partial charge in [-0.25, -0.2) is 0 Å². The SMILES string of the molecule is Cc1ccc(OC[C@@H](O)CN2CCN(c3cccc(Cl)c3)CC2)cc1. The first kappa shape index (κ1) is 18.1. The Morgan fingerprint density at radius 2 is 1.80 bits per heavy atom. The third-order valence-electron chi connectivity index (χ3n) is 4.48. The number of aliphatic hydroxyl groups excluding tert-OH is 1. The number of ether oxygens (including phenoxy) is 1. The Kier molecular flexibility index (Phi) is 6.19. The van der Waals surface area contributed by atoms with Gasteiger partial charge >= 0.3 is 0 Å². The molecule has 134 valence electrons. The first-order chi connectivity index (χ1) is 12.1. The molecule has 1 heterocycles. The van der Waals surface area contributed by atoms with E-state index in [9.17, 15) is 5.11 Å². The quantitative estimate of drug-likeness (QED) is 0.858. The molecule has 1 fully saturated rings. The molecule has 1 N–H and O–H groups in total. The molecule has 0 spiro atoms. The number of nitrogens with zero attached hydrogens (tertiary/aromatic N) is 2. The van der Waals surface area contributed by atoms with Crippen LogP contribution in [0.15, 0.2) is 48.5 Å². The number of rotatable bonds is 6. The van der Waals surface area contributed by atoms with E-state index in [2.05, 4.69) is 15.9 Å². The molecule has 4 nitrogen and oxygen atoms in total. The van der Waals surface area contributed by atoms with Crippen molar-refractivity contribution in [3.8, 4) is 5.75 Å². The maximum Gasteiger partial charge on any atom is 0.119 e. The standard InChI is InChI=1S/C20H25ClN2O2/c1-16-5-7-20(8-6-16)25-15-19(24)14-22-9-11-23(12-10-22)18-4-2-3-17(21)13-18/h2-8,13,19,24H,9-12,14-15H2,1H3/t19-/m0/s1. The minimum atomic E-state index is -0.487. The van der Waals surface area contributed by atoms with Crippen LogP contribution in [0.3, 0.4) is 0 Å². The second-order valence-electron chi connectivity index (χ2n) is 6.55. The average Bonchev–Trinajstić information content (AvgIpc) is 2.62. The molecule has 1 aliphatic heterocycles.